The van der Waals surface area contributed by atoms with Crippen molar-refractivity contribution in [2.45, 2.75) is 123 Å². The van der Waals surface area contributed by atoms with E-state index in [0.717, 1.165) is 12.8 Å². The van der Waals surface area contributed by atoms with Crippen LogP contribution in [0, 0.1) is 0 Å². The third-order valence-corrected chi connectivity index (χ3v) is 4.84. The van der Waals surface area contributed by atoms with Crippen LogP contribution in [0.15, 0.2) is 24.7 Å². The van der Waals surface area contributed by atoms with Crippen molar-refractivity contribution in [3.05, 3.63) is 24.7 Å². The summed E-state index contributed by atoms with van der Waals surface area (Å²) in [6.45, 7) is 3.97. The minimum atomic E-state index is 0.892. The molecule has 196 valence electrons. The van der Waals surface area contributed by atoms with E-state index in [-0.39, 0.29) is 0 Å². The van der Waals surface area contributed by atoms with Crippen molar-refractivity contribution in [1.82, 2.24) is 0 Å². The fourth-order valence-corrected chi connectivity index (χ4v) is 3.12. The Bertz CT molecular complexity index is 407. The molecule has 33 heavy (non-hydrogen) atoms. The predicted molar refractivity (Wildman–Crippen MR) is 119 cm³/mol. The van der Waals surface area contributed by atoms with Crippen LogP contribution in [0.3, 0.4) is 0 Å². The van der Waals surface area contributed by atoms with Gasteiger partial charge in [-0.05, 0) is 31.9 Å². The highest BCUT2D eigenvalue weighted by atomic mass is 17.9. The third-order valence-electron chi connectivity index (χ3n) is 4.84. The van der Waals surface area contributed by atoms with E-state index >= 15 is 0 Å². The van der Waals surface area contributed by atoms with Gasteiger partial charge in [-0.1, -0.05) is 103 Å². The van der Waals surface area contributed by atoms with Crippen LogP contribution in [0.4, 0.5) is 0 Å². The van der Waals surface area contributed by atoms with Crippen LogP contribution in [0.25, 0.3) is 0 Å². The minimum absolute atomic E-state index is 0.892. The van der Waals surface area contributed by atoms with E-state index in [2.05, 4.69) is 57.0 Å². The normalized spacial score (nSPS) is 11.7. The van der Waals surface area contributed by atoms with E-state index in [0.29, 0.717) is 0 Å². The van der Waals surface area contributed by atoms with Crippen molar-refractivity contribution in [2.24, 2.45) is 0 Å². The standard InChI is InChI=1S/C23H44O10/c1-3-5-6-7-8-9-10-11-12-13-14-15-16-17-18-19-20-21-23-25-27-29-31-33-32-30-28-26-24-22-4-2/h4,21-23H,3,5-20H2,1-2H3. The Kier molecular flexibility index (Phi) is 29.6. The Morgan fingerprint density at radius 3 is 1.21 bits per heavy atom. The molecule has 0 rings (SSSR count). The highest BCUT2D eigenvalue weighted by molar-refractivity contribution is 4.71. The van der Waals surface area contributed by atoms with Gasteiger partial charge in [0, 0.05) is 40.3 Å². The molecule has 0 saturated heterocycles. The summed E-state index contributed by atoms with van der Waals surface area (Å²) in [6, 6.07) is 0. The van der Waals surface area contributed by atoms with Gasteiger partial charge in [0.1, 0.15) is 12.5 Å². The summed E-state index contributed by atoms with van der Waals surface area (Å²) in [6.07, 6.45) is 28.5. The zero-order valence-corrected chi connectivity index (χ0v) is 20.4. The highest BCUT2D eigenvalue weighted by Crippen LogP contribution is 2.14. The van der Waals surface area contributed by atoms with Gasteiger partial charge in [0.15, 0.2) is 0 Å². The first kappa shape index (κ1) is 31.8. The van der Waals surface area contributed by atoms with Crippen molar-refractivity contribution in [2.75, 3.05) is 0 Å². The van der Waals surface area contributed by atoms with Gasteiger partial charge in [-0.3, -0.25) is 0 Å². The lowest BCUT2D eigenvalue weighted by molar-refractivity contribution is -0.841. The molecule has 0 bridgehead atoms. The summed E-state index contributed by atoms with van der Waals surface area (Å²) in [5, 5.41) is 31.3. The largest absolute Gasteiger partial charge is 0.314 e. The van der Waals surface area contributed by atoms with Crippen LogP contribution >= 0.6 is 0 Å². The van der Waals surface area contributed by atoms with Crippen molar-refractivity contribution < 1.29 is 50.1 Å². The van der Waals surface area contributed by atoms with E-state index in [1.54, 1.807) is 13.0 Å². The van der Waals surface area contributed by atoms with Gasteiger partial charge in [0.05, 0.1) is 0 Å². The van der Waals surface area contributed by atoms with E-state index in [9.17, 15) is 0 Å². The van der Waals surface area contributed by atoms with Crippen LogP contribution in [0.1, 0.15) is 123 Å². The van der Waals surface area contributed by atoms with Crippen LogP contribution in [-0.4, -0.2) is 0 Å². The lowest BCUT2D eigenvalue weighted by atomic mass is 10.0. The van der Waals surface area contributed by atoms with Gasteiger partial charge < -0.3 is 9.78 Å². The molecule has 0 aliphatic heterocycles. The lowest BCUT2D eigenvalue weighted by Crippen LogP contribution is -2.01. The Morgan fingerprint density at radius 2 is 0.788 bits per heavy atom. The molecule has 0 aromatic rings. The predicted octanol–water partition coefficient (Wildman–Crippen LogP) is 8.09. The van der Waals surface area contributed by atoms with Crippen LogP contribution in [0.5, 0.6) is 0 Å². The number of unbranched alkanes of at least 4 members (excludes halogenated alkanes) is 16. The molecule has 0 aliphatic rings. The quantitative estimate of drug-likeness (QED) is 0.0473. The summed E-state index contributed by atoms with van der Waals surface area (Å²) in [5.41, 5.74) is 0. The lowest BCUT2D eigenvalue weighted by Gasteiger charge is -2.03. The fourth-order valence-electron chi connectivity index (χ4n) is 3.12. The molecule has 10 nitrogen and oxygen atoms in total. The molecule has 0 amide bonds. The van der Waals surface area contributed by atoms with E-state index in [1.165, 1.54) is 109 Å². The molecular formula is C23H44O10. The number of rotatable bonds is 28. The Labute approximate surface area is 198 Å². The molecule has 0 N–H and O–H groups in total. The molecule has 0 aromatic carbocycles. The van der Waals surface area contributed by atoms with Crippen molar-refractivity contribution in [3.8, 4) is 0 Å². The van der Waals surface area contributed by atoms with Gasteiger partial charge >= 0.3 is 0 Å². The molecule has 0 aromatic heterocycles. The average molecular weight is 481 g/mol. The van der Waals surface area contributed by atoms with Gasteiger partial charge in [0.2, 0.25) is 0 Å². The zero-order chi connectivity index (χ0) is 23.9. The Hall–Kier alpha value is -1.24. The van der Waals surface area contributed by atoms with Crippen molar-refractivity contribution >= 4 is 0 Å². The molecule has 0 spiro atoms. The first-order valence-corrected chi connectivity index (χ1v) is 12.3. The summed E-state index contributed by atoms with van der Waals surface area (Å²) in [7, 11) is 0. The van der Waals surface area contributed by atoms with Crippen molar-refractivity contribution in [1.29, 1.82) is 0 Å². The monoisotopic (exact) mass is 480 g/mol. The molecule has 0 aliphatic carbocycles. The van der Waals surface area contributed by atoms with E-state index in [1.807, 2.05) is 6.08 Å². The first-order valence-electron chi connectivity index (χ1n) is 12.3. The van der Waals surface area contributed by atoms with Crippen LogP contribution < -0.4 is 0 Å². The zero-order valence-electron chi connectivity index (χ0n) is 20.4. The summed E-state index contributed by atoms with van der Waals surface area (Å²) in [4.78, 5) is 8.80. The minimum Gasteiger partial charge on any atom is -0.314 e. The van der Waals surface area contributed by atoms with Gasteiger partial charge in [-0.2, -0.15) is 0 Å². The number of hydrogen-bond donors (Lipinski definition) is 0. The SMILES string of the molecule is CC=COOOOOOOOOOC=CCCCCCCCCCCCCCCCCCC. The maximum Gasteiger partial charge on any atom is 0.129 e. The van der Waals surface area contributed by atoms with Gasteiger partial charge in [-0.15, -0.1) is 0 Å². The van der Waals surface area contributed by atoms with Crippen molar-refractivity contribution in [3.63, 3.8) is 0 Å². The molecule has 0 fully saturated rings. The number of allylic oxidation sites excluding steroid dienone is 2. The first-order chi connectivity index (χ1) is 16.4. The second kappa shape index (κ2) is 30.8. The van der Waals surface area contributed by atoms with E-state index < -0.39 is 0 Å². The molecule has 10 heteroatoms. The Morgan fingerprint density at radius 1 is 0.424 bits per heavy atom. The van der Waals surface area contributed by atoms with E-state index in [4.69, 9.17) is 0 Å². The van der Waals surface area contributed by atoms with Gasteiger partial charge in [0.25, 0.3) is 0 Å². The average Bonchev–Trinajstić information content (AvgIpc) is 2.83. The molecular weight excluding hydrogens is 436 g/mol. The molecule has 0 radical (unpaired) electrons. The summed E-state index contributed by atoms with van der Waals surface area (Å²) in [5.74, 6) is 0. The second-order valence-corrected chi connectivity index (χ2v) is 7.67. The van der Waals surface area contributed by atoms with Crippen LogP contribution in [0.2, 0.25) is 0 Å². The molecule has 0 atom stereocenters. The smallest absolute Gasteiger partial charge is 0.129 e. The maximum absolute atomic E-state index is 4.55. The fraction of sp³-hybridized carbons (Fsp3) is 0.826. The highest BCUT2D eigenvalue weighted by Gasteiger charge is 1.96. The van der Waals surface area contributed by atoms with Crippen LogP contribution in [-0.2, 0) is 50.1 Å². The molecule has 0 unspecified atom stereocenters. The summed E-state index contributed by atoms with van der Waals surface area (Å²) < 4.78 is 0. The maximum atomic E-state index is 4.55. The molecule has 0 heterocycles. The van der Waals surface area contributed by atoms with Gasteiger partial charge in [-0.25, -0.2) is 0 Å². The third kappa shape index (κ3) is 30.8. The number of hydrogen-bond acceptors (Lipinski definition) is 10. The topological polar surface area (TPSA) is 92.3 Å². The summed E-state index contributed by atoms with van der Waals surface area (Å²) >= 11 is 0. The molecule has 0 saturated carbocycles. The second-order valence-electron chi connectivity index (χ2n) is 7.67. The Balaban J connectivity index is 3.07.